The summed E-state index contributed by atoms with van der Waals surface area (Å²) in [6.45, 7) is 1.96. The average molecular weight is 407 g/mol. The molecular weight excluding hydrogens is 386 g/mol. The number of amidine groups is 1. The molecule has 0 atom stereocenters. The first-order valence-corrected chi connectivity index (χ1v) is 10.6. The molecule has 148 valence electrons. The number of urea groups is 1. The molecule has 6 nitrogen and oxygen atoms in total. The zero-order valence-corrected chi connectivity index (χ0v) is 16.7. The summed E-state index contributed by atoms with van der Waals surface area (Å²) in [6.07, 6.45) is 0. The van der Waals surface area contributed by atoms with Gasteiger partial charge in [0.25, 0.3) is 0 Å². The van der Waals surface area contributed by atoms with Gasteiger partial charge >= 0.3 is 6.03 Å². The van der Waals surface area contributed by atoms with E-state index >= 15 is 0 Å². The van der Waals surface area contributed by atoms with Gasteiger partial charge in [0.2, 0.25) is 0 Å². The predicted molar refractivity (Wildman–Crippen MR) is 115 cm³/mol. The van der Waals surface area contributed by atoms with Crippen molar-refractivity contribution in [3.8, 4) is 0 Å². The van der Waals surface area contributed by atoms with Crippen LogP contribution in [0.1, 0.15) is 11.1 Å². The zero-order valence-electron chi connectivity index (χ0n) is 15.9. The van der Waals surface area contributed by atoms with Crippen LogP contribution in [0.15, 0.2) is 94.8 Å². The second kappa shape index (κ2) is 9.16. The van der Waals surface area contributed by atoms with Crippen LogP contribution in [-0.2, 0) is 9.84 Å². The van der Waals surface area contributed by atoms with Crippen LogP contribution in [0.3, 0.4) is 0 Å². The highest BCUT2D eigenvalue weighted by atomic mass is 32.2. The summed E-state index contributed by atoms with van der Waals surface area (Å²) in [7, 11) is -3.62. The maximum atomic E-state index is 12.5. The Hall–Kier alpha value is -3.45. The van der Waals surface area contributed by atoms with Crippen molar-refractivity contribution in [3.05, 3.63) is 96.1 Å². The molecule has 3 aromatic rings. The van der Waals surface area contributed by atoms with Crippen molar-refractivity contribution < 1.29 is 13.2 Å². The number of hydrogen-bond donors (Lipinski definition) is 2. The first-order chi connectivity index (χ1) is 13.9. The number of carbonyl (C=O) groups excluding carboxylic acids is 1. The minimum absolute atomic E-state index is 0.176. The Morgan fingerprint density at radius 3 is 2.07 bits per heavy atom. The van der Waals surface area contributed by atoms with Gasteiger partial charge in [0, 0.05) is 11.3 Å². The highest BCUT2D eigenvalue weighted by Crippen LogP contribution is 2.12. The third-order valence-electron chi connectivity index (χ3n) is 4.08. The topological polar surface area (TPSA) is 87.6 Å². The second-order valence-corrected chi connectivity index (χ2v) is 8.33. The molecule has 0 saturated heterocycles. The van der Waals surface area contributed by atoms with E-state index in [-0.39, 0.29) is 10.7 Å². The number of aryl methyl sites for hydroxylation is 1. The molecule has 0 aliphatic rings. The van der Waals surface area contributed by atoms with Gasteiger partial charge in [-0.15, -0.1) is 0 Å². The summed E-state index contributed by atoms with van der Waals surface area (Å²) in [4.78, 5) is 16.8. The fourth-order valence-corrected chi connectivity index (χ4v) is 3.58. The van der Waals surface area contributed by atoms with Crippen LogP contribution in [0.2, 0.25) is 0 Å². The SMILES string of the molecule is Cc1ccc(NC(=O)NC(=NCS(=O)(=O)c2ccccc2)c2ccccc2)cc1. The molecule has 0 aromatic heterocycles. The van der Waals surface area contributed by atoms with Gasteiger partial charge < -0.3 is 5.32 Å². The lowest BCUT2D eigenvalue weighted by Crippen LogP contribution is -2.35. The van der Waals surface area contributed by atoms with Crippen LogP contribution < -0.4 is 10.6 Å². The second-order valence-electron chi connectivity index (χ2n) is 6.37. The van der Waals surface area contributed by atoms with Crippen LogP contribution in [0, 0.1) is 6.92 Å². The minimum Gasteiger partial charge on any atom is -0.308 e. The van der Waals surface area contributed by atoms with Crippen molar-refractivity contribution in [2.75, 3.05) is 11.2 Å². The van der Waals surface area contributed by atoms with Gasteiger partial charge in [0.15, 0.2) is 9.84 Å². The third-order valence-corrected chi connectivity index (χ3v) is 5.54. The summed E-state index contributed by atoms with van der Waals surface area (Å²) < 4.78 is 25.1. The fraction of sp³-hybridized carbons (Fsp3) is 0.0909. The van der Waals surface area contributed by atoms with E-state index in [0.717, 1.165) is 5.56 Å². The Morgan fingerprint density at radius 1 is 0.862 bits per heavy atom. The Bertz CT molecular complexity index is 1100. The normalized spacial score (nSPS) is 11.7. The van der Waals surface area contributed by atoms with Crippen molar-refractivity contribution in [2.24, 2.45) is 4.99 Å². The Morgan fingerprint density at radius 2 is 1.45 bits per heavy atom. The molecule has 0 radical (unpaired) electrons. The van der Waals surface area contributed by atoms with Crippen molar-refractivity contribution >= 4 is 27.4 Å². The first-order valence-electron chi connectivity index (χ1n) is 8.96. The number of nitrogens with zero attached hydrogens (tertiary/aromatic N) is 1. The number of benzene rings is 3. The standard InChI is InChI=1S/C22H21N3O3S/c1-17-12-14-19(15-13-17)24-22(26)25-21(18-8-4-2-5-9-18)23-16-29(27,28)20-10-6-3-7-11-20/h2-15H,16H2,1H3,(H2,23,24,25,26). The largest absolute Gasteiger partial charge is 0.324 e. The summed E-state index contributed by atoms with van der Waals surface area (Å²) in [6, 6.07) is 23.8. The smallest absolute Gasteiger partial charge is 0.308 e. The third kappa shape index (κ3) is 5.76. The van der Waals surface area contributed by atoms with Gasteiger partial charge in [-0.3, -0.25) is 10.3 Å². The molecule has 0 bridgehead atoms. The Kier molecular flexibility index (Phi) is 6.41. The molecule has 7 heteroatoms. The van der Waals surface area contributed by atoms with Crippen molar-refractivity contribution in [1.29, 1.82) is 0 Å². The molecule has 0 unspecified atom stereocenters. The number of hydrogen-bond acceptors (Lipinski definition) is 4. The van der Waals surface area contributed by atoms with E-state index in [1.54, 1.807) is 54.6 Å². The number of carbonyl (C=O) groups is 1. The lowest BCUT2D eigenvalue weighted by Gasteiger charge is -2.11. The summed E-state index contributed by atoms with van der Waals surface area (Å²) >= 11 is 0. The number of anilines is 1. The van der Waals surface area contributed by atoms with Gasteiger partial charge in [0.05, 0.1) is 4.90 Å². The van der Waals surface area contributed by atoms with Crippen molar-refractivity contribution in [3.63, 3.8) is 0 Å². The van der Waals surface area contributed by atoms with Crippen LogP contribution in [-0.4, -0.2) is 26.2 Å². The molecule has 0 fully saturated rings. The van der Waals surface area contributed by atoms with E-state index in [4.69, 9.17) is 0 Å². The Balaban J connectivity index is 1.80. The maximum Gasteiger partial charge on any atom is 0.324 e. The van der Waals surface area contributed by atoms with Crippen molar-refractivity contribution in [1.82, 2.24) is 5.32 Å². The van der Waals surface area contributed by atoms with Gasteiger partial charge in [-0.25, -0.2) is 13.2 Å². The molecule has 29 heavy (non-hydrogen) atoms. The molecule has 0 saturated carbocycles. The molecule has 0 aliphatic heterocycles. The summed E-state index contributed by atoms with van der Waals surface area (Å²) in [5.41, 5.74) is 2.31. The maximum absolute atomic E-state index is 12.5. The van der Waals surface area contributed by atoms with E-state index in [1.807, 2.05) is 25.1 Å². The number of rotatable bonds is 5. The van der Waals surface area contributed by atoms with E-state index in [1.165, 1.54) is 12.1 Å². The van der Waals surface area contributed by atoms with E-state index in [2.05, 4.69) is 15.6 Å². The van der Waals surface area contributed by atoms with Gasteiger partial charge in [-0.05, 0) is 31.2 Å². The van der Waals surface area contributed by atoms with E-state index in [9.17, 15) is 13.2 Å². The minimum atomic E-state index is -3.62. The quantitative estimate of drug-likeness (QED) is 0.495. The molecule has 2 N–H and O–H groups in total. The number of sulfone groups is 1. The van der Waals surface area contributed by atoms with E-state index in [0.29, 0.717) is 11.3 Å². The van der Waals surface area contributed by atoms with Crippen LogP contribution >= 0.6 is 0 Å². The average Bonchev–Trinajstić information content (AvgIpc) is 2.74. The van der Waals surface area contributed by atoms with E-state index < -0.39 is 21.7 Å². The number of nitrogens with one attached hydrogen (secondary N) is 2. The highest BCUT2D eigenvalue weighted by molar-refractivity contribution is 7.91. The molecule has 3 rings (SSSR count). The van der Waals surface area contributed by atoms with Gasteiger partial charge in [-0.1, -0.05) is 66.2 Å². The fourth-order valence-electron chi connectivity index (χ4n) is 2.56. The summed E-state index contributed by atoms with van der Waals surface area (Å²) in [5.74, 6) is -0.304. The lowest BCUT2D eigenvalue weighted by atomic mass is 10.2. The highest BCUT2D eigenvalue weighted by Gasteiger charge is 2.15. The summed E-state index contributed by atoms with van der Waals surface area (Å²) in [5, 5.41) is 5.37. The monoisotopic (exact) mass is 407 g/mol. The first kappa shape index (κ1) is 20.3. The molecular formula is C22H21N3O3S. The predicted octanol–water partition coefficient (Wildman–Crippen LogP) is 3.99. The molecule has 0 heterocycles. The molecule has 0 spiro atoms. The van der Waals surface area contributed by atoms with Gasteiger partial charge in [-0.2, -0.15) is 0 Å². The van der Waals surface area contributed by atoms with Crippen molar-refractivity contribution in [2.45, 2.75) is 11.8 Å². The molecule has 3 aromatic carbocycles. The molecule has 0 aliphatic carbocycles. The van der Waals surface area contributed by atoms with Crippen LogP contribution in [0.25, 0.3) is 0 Å². The van der Waals surface area contributed by atoms with Crippen LogP contribution in [0.4, 0.5) is 10.5 Å². The molecule has 2 amide bonds. The number of amides is 2. The number of aliphatic imine (C=N–C) groups is 1. The van der Waals surface area contributed by atoms with Crippen LogP contribution in [0.5, 0.6) is 0 Å². The zero-order chi connectivity index (χ0) is 20.7. The van der Waals surface area contributed by atoms with Gasteiger partial charge in [0.1, 0.15) is 11.7 Å². The lowest BCUT2D eigenvalue weighted by molar-refractivity contribution is 0.256. The Labute approximate surface area is 170 Å².